The summed E-state index contributed by atoms with van der Waals surface area (Å²) >= 11 is 6.11. The number of hydrogen-bond acceptors (Lipinski definition) is 4. The topological polar surface area (TPSA) is 53.4 Å². The number of hydrogen-bond donors (Lipinski definition) is 0. The number of aryl methyl sites for hydroxylation is 1. The molecular weight excluding hydrogens is 280 g/mol. The lowest BCUT2D eigenvalue weighted by Crippen LogP contribution is -1.99. The monoisotopic (exact) mass is 294 g/mol. The van der Waals surface area contributed by atoms with Crippen LogP contribution in [0.25, 0.3) is 0 Å². The van der Waals surface area contributed by atoms with E-state index in [9.17, 15) is 4.79 Å². The van der Waals surface area contributed by atoms with Gasteiger partial charge < -0.3 is 9.47 Å². The summed E-state index contributed by atoms with van der Waals surface area (Å²) in [4.78, 5) is 10.8. The summed E-state index contributed by atoms with van der Waals surface area (Å²) < 4.78 is 12.7. The van der Waals surface area contributed by atoms with Crippen molar-refractivity contribution in [2.24, 2.45) is 0 Å². The van der Waals surface area contributed by atoms with E-state index in [2.05, 4.69) is 5.10 Å². The van der Waals surface area contributed by atoms with Crippen molar-refractivity contribution < 1.29 is 14.3 Å². The molecule has 0 aliphatic rings. The molecule has 0 spiro atoms. The van der Waals surface area contributed by atoms with Gasteiger partial charge in [-0.2, -0.15) is 5.10 Å². The fourth-order valence-corrected chi connectivity index (χ4v) is 2.03. The Morgan fingerprint density at radius 3 is 2.85 bits per heavy atom. The Labute approximate surface area is 122 Å². The number of methoxy groups -OCH3 is 1. The Balaban J connectivity index is 2.18. The van der Waals surface area contributed by atoms with E-state index in [0.717, 1.165) is 12.1 Å². The van der Waals surface area contributed by atoms with Crippen LogP contribution < -0.4 is 9.47 Å². The van der Waals surface area contributed by atoms with E-state index in [4.69, 9.17) is 21.1 Å². The summed E-state index contributed by atoms with van der Waals surface area (Å²) in [5, 5.41) is 4.51. The third kappa shape index (κ3) is 3.11. The van der Waals surface area contributed by atoms with Gasteiger partial charge in [-0.05, 0) is 19.1 Å². The van der Waals surface area contributed by atoms with Gasteiger partial charge in [0.25, 0.3) is 0 Å². The van der Waals surface area contributed by atoms with Crippen molar-refractivity contribution in [3.05, 3.63) is 40.7 Å². The van der Waals surface area contributed by atoms with E-state index in [1.165, 1.54) is 7.11 Å². The minimum atomic E-state index is 0.330. The van der Waals surface area contributed by atoms with Crippen molar-refractivity contribution in [1.29, 1.82) is 0 Å². The molecule has 0 saturated carbocycles. The molecule has 0 aliphatic carbocycles. The Hall–Kier alpha value is -2.01. The molecule has 0 aliphatic heterocycles. The lowest BCUT2D eigenvalue weighted by Gasteiger charge is -2.12. The summed E-state index contributed by atoms with van der Waals surface area (Å²) in [6, 6.07) is 3.13. The lowest BCUT2D eigenvalue weighted by molar-refractivity contribution is 0.112. The van der Waals surface area contributed by atoms with Crippen molar-refractivity contribution in [3.63, 3.8) is 0 Å². The van der Waals surface area contributed by atoms with Crippen molar-refractivity contribution >= 4 is 17.9 Å². The average Bonchev–Trinajstić information content (AvgIpc) is 2.93. The van der Waals surface area contributed by atoms with Gasteiger partial charge >= 0.3 is 0 Å². The van der Waals surface area contributed by atoms with E-state index in [1.54, 1.807) is 18.3 Å². The quantitative estimate of drug-likeness (QED) is 0.769. The largest absolute Gasteiger partial charge is 0.493 e. The van der Waals surface area contributed by atoms with Crippen LogP contribution in [0, 0.1) is 0 Å². The molecule has 0 fully saturated rings. The van der Waals surface area contributed by atoms with Crippen molar-refractivity contribution in [2.75, 3.05) is 7.11 Å². The second kappa shape index (κ2) is 6.43. The molecule has 6 heteroatoms. The molecule has 5 nitrogen and oxygen atoms in total. The van der Waals surface area contributed by atoms with Crippen LogP contribution in [0.1, 0.15) is 22.8 Å². The van der Waals surface area contributed by atoms with Gasteiger partial charge in [0.2, 0.25) is 0 Å². The fourth-order valence-electron chi connectivity index (χ4n) is 1.76. The lowest BCUT2D eigenvalue weighted by atomic mass is 10.2. The van der Waals surface area contributed by atoms with Gasteiger partial charge in [0.1, 0.15) is 12.9 Å². The zero-order valence-corrected chi connectivity index (χ0v) is 12.1. The standard InChI is InChI=1S/C14H15ClN2O3/c1-3-17-7-11(6-16-17)9-20-14-12(15)4-10(8-18)5-13(14)19-2/h4-8H,3,9H2,1-2H3. The number of halogens is 1. The van der Waals surface area contributed by atoms with Crippen LogP contribution in [0.15, 0.2) is 24.5 Å². The Bertz CT molecular complexity index is 610. The number of benzene rings is 1. The van der Waals surface area contributed by atoms with Gasteiger partial charge in [-0.3, -0.25) is 9.48 Å². The Morgan fingerprint density at radius 2 is 2.25 bits per heavy atom. The minimum Gasteiger partial charge on any atom is -0.493 e. The van der Waals surface area contributed by atoms with Crippen molar-refractivity contribution in [3.8, 4) is 11.5 Å². The molecule has 2 aromatic rings. The molecular formula is C14H15ClN2O3. The first-order valence-corrected chi connectivity index (χ1v) is 6.52. The highest BCUT2D eigenvalue weighted by Gasteiger charge is 2.12. The first-order valence-electron chi connectivity index (χ1n) is 6.14. The molecule has 0 radical (unpaired) electrons. The van der Waals surface area contributed by atoms with Gasteiger partial charge in [0.05, 0.1) is 18.3 Å². The molecule has 0 N–H and O–H groups in total. The number of aromatic nitrogens is 2. The van der Waals surface area contributed by atoms with Gasteiger partial charge in [0, 0.05) is 23.9 Å². The molecule has 2 rings (SSSR count). The van der Waals surface area contributed by atoms with Crippen molar-refractivity contribution in [1.82, 2.24) is 9.78 Å². The first-order chi connectivity index (χ1) is 9.67. The van der Waals surface area contributed by atoms with E-state index in [1.807, 2.05) is 17.8 Å². The third-order valence-corrected chi connectivity index (χ3v) is 3.06. The molecule has 20 heavy (non-hydrogen) atoms. The highest BCUT2D eigenvalue weighted by atomic mass is 35.5. The number of aldehydes is 1. The second-order valence-corrected chi connectivity index (χ2v) is 4.55. The average molecular weight is 295 g/mol. The summed E-state index contributed by atoms with van der Waals surface area (Å²) in [7, 11) is 1.50. The maximum atomic E-state index is 10.8. The first kappa shape index (κ1) is 14.4. The van der Waals surface area contributed by atoms with Gasteiger partial charge in [-0.1, -0.05) is 11.6 Å². The number of rotatable bonds is 6. The van der Waals surface area contributed by atoms with Gasteiger partial charge in [-0.15, -0.1) is 0 Å². The van der Waals surface area contributed by atoms with Crippen LogP contribution >= 0.6 is 11.6 Å². The van der Waals surface area contributed by atoms with Crippen LogP contribution in [-0.4, -0.2) is 23.2 Å². The van der Waals surface area contributed by atoms with E-state index >= 15 is 0 Å². The predicted molar refractivity (Wildman–Crippen MR) is 75.6 cm³/mol. The second-order valence-electron chi connectivity index (χ2n) is 4.14. The van der Waals surface area contributed by atoms with Crippen LogP contribution in [0.4, 0.5) is 0 Å². The summed E-state index contributed by atoms with van der Waals surface area (Å²) in [6.07, 6.45) is 4.35. The molecule has 1 aromatic heterocycles. The van der Waals surface area contributed by atoms with Crippen LogP contribution in [0.3, 0.4) is 0 Å². The molecule has 1 aromatic carbocycles. The molecule has 0 atom stereocenters. The Morgan fingerprint density at radius 1 is 1.45 bits per heavy atom. The van der Waals surface area contributed by atoms with Crippen molar-refractivity contribution in [2.45, 2.75) is 20.1 Å². The maximum Gasteiger partial charge on any atom is 0.180 e. The third-order valence-electron chi connectivity index (χ3n) is 2.78. The Kier molecular flexibility index (Phi) is 4.63. The van der Waals surface area contributed by atoms with Crippen LogP contribution in [-0.2, 0) is 13.2 Å². The molecule has 106 valence electrons. The van der Waals surface area contributed by atoms with Gasteiger partial charge in [-0.25, -0.2) is 0 Å². The van der Waals surface area contributed by atoms with E-state index in [-0.39, 0.29) is 0 Å². The zero-order chi connectivity index (χ0) is 14.5. The number of carbonyl (C=O) groups is 1. The molecule has 0 saturated heterocycles. The summed E-state index contributed by atoms with van der Waals surface area (Å²) in [6.45, 7) is 3.14. The molecule has 1 heterocycles. The molecule has 0 bridgehead atoms. The molecule has 0 amide bonds. The van der Waals surface area contributed by atoms with E-state index in [0.29, 0.717) is 35.0 Å². The number of nitrogens with zero attached hydrogens (tertiary/aromatic N) is 2. The minimum absolute atomic E-state index is 0.330. The molecule has 0 unspecified atom stereocenters. The normalized spacial score (nSPS) is 10.3. The van der Waals surface area contributed by atoms with E-state index < -0.39 is 0 Å². The van der Waals surface area contributed by atoms with Crippen LogP contribution in [0.2, 0.25) is 5.02 Å². The van der Waals surface area contributed by atoms with Gasteiger partial charge in [0.15, 0.2) is 11.5 Å². The zero-order valence-electron chi connectivity index (χ0n) is 11.3. The number of carbonyl (C=O) groups excluding carboxylic acids is 1. The maximum absolute atomic E-state index is 10.8. The highest BCUT2D eigenvalue weighted by Crippen LogP contribution is 2.36. The summed E-state index contributed by atoms with van der Waals surface area (Å²) in [5.41, 5.74) is 1.38. The predicted octanol–water partition coefficient (Wildman–Crippen LogP) is 2.96. The van der Waals surface area contributed by atoms with Crippen LogP contribution in [0.5, 0.6) is 11.5 Å². The SMILES string of the molecule is CCn1cc(COc2c(Cl)cc(C=O)cc2OC)cn1. The smallest absolute Gasteiger partial charge is 0.180 e. The number of ether oxygens (including phenoxy) is 2. The summed E-state index contributed by atoms with van der Waals surface area (Å²) in [5.74, 6) is 0.853. The fraction of sp³-hybridized carbons (Fsp3) is 0.286. The highest BCUT2D eigenvalue weighted by molar-refractivity contribution is 6.32.